The molecule has 2 aliphatic rings. The number of amides is 1. The molecule has 0 atom stereocenters. The molecule has 0 N–H and O–H groups in total. The molecule has 0 saturated carbocycles. The largest absolute Gasteiger partial charge is 0.353 e. The Kier molecular flexibility index (Phi) is 5.24. The summed E-state index contributed by atoms with van der Waals surface area (Å²) in [5, 5.41) is 1.41. The van der Waals surface area contributed by atoms with E-state index in [1.54, 1.807) is 29.1 Å². The van der Waals surface area contributed by atoms with Gasteiger partial charge in [0.2, 0.25) is 5.91 Å². The van der Waals surface area contributed by atoms with E-state index in [1.807, 2.05) is 23.1 Å². The van der Waals surface area contributed by atoms with E-state index in [-0.39, 0.29) is 11.5 Å². The molecule has 3 aromatic rings. The molecule has 5 rings (SSSR count). The van der Waals surface area contributed by atoms with Crippen LogP contribution in [0.25, 0.3) is 10.2 Å². The van der Waals surface area contributed by atoms with Crippen molar-refractivity contribution in [2.45, 2.75) is 24.4 Å². The minimum absolute atomic E-state index is 0.0123. The van der Waals surface area contributed by atoms with Crippen LogP contribution in [0, 0.1) is 0 Å². The molecule has 9 heteroatoms. The third-order valence-corrected chi connectivity index (χ3v) is 8.04. The molecule has 1 amide bonds. The van der Waals surface area contributed by atoms with E-state index >= 15 is 0 Å². The molecule has 0 bridgehead atoms. The first kappa shape index (κ1) is 19.6. The number of rotatable bonds is 4. The molecule has 0 radical (unpaired) electrons. The van der Waals surface area contributed by atoms with Crippen LogP contribution in [0.15, 0.2) is 34.3 Å². The van der Waals surface area contributed by atoms with Crippen LogP contribution in [-0.4, -0.2) is 57.3 Å². The fourth-order valence-electron chi connectivity index (χ4n) is 4.18. The van der Waals surface area contributed by atoms with Crippen molar-refractivity contribution in [3.8, 4) is 0 Å². The van der Waals surface area contributed by atoms with Gasteiger partial charge in [-0.1, -0.05) is 17.8 Å². The van der Waals surface area contributed by atoms with E-state index in [0.29, 0.717) is 24.0 Å². The maximum Gasteiger partial charge on any atom is 0.262 e. The molecule has 3 aromatic heterocycles. The topological polar surface area (TPSA) is 71.3 Å². The summed E-state index contributed by atoms with van der Waals surface area (Å²) in [7, 11) is 1.76. The van der Waals surface area contributed by atoms with E-state index in [2.05, 4.69) is 9.88 Å². The first-order chi connectivity index (χ1) is 14.6. The highest BCUT2D eigenvalue weighted by Gasteiger charge is 2.24. The third kappa shape index (κ3) is 3.50. The van der Waals surface area contributed by atoms with Gasteiger partial charge in [0, 0.05) is 44.3 Å². The Labute approximate surface area is 182 Å². The van der Waals surface area contributed by atoms with E-state index in [4.69, 9.17) is 4.98 Å². The summed E-state index contributed by atoms with van der Waals surface area (Å²) in [5.41, 5.74) is 1.21. The van der Waals surface area contributed by atoms with E-state index in [0.717, 1.165) is 48.4 Å². The third-order valence-electron chi connectivity index (χ3n) is 5.84. The molecule has 0 spiro atoms. The minimum Gasteiger partial charge on any atom is -0.353 e. The van der Waals surface area contributed by atoms with Gasteiger partial charge in [0.15, 0.2) is 5.16 Å². The van der Waals surface area contributed by atoms with Crippen LogP contribution in [0.1, 0.15) is 16.9 Å². The second kappa shape index (κ2) is 8.03. The van der Waals surface area contributed by atoms with E-state index in [9.17, 15) is 9.59 Å². The van der Waals surface area contributed by atoms with Crippen LogP contribution in [0.2, 0.25) is 0 Å². The summed E-state index contributed by atoms with van der Waals surface area (Å²) < 4.78 is 1.60. The second-order valence-electron chi connectivity index (χ2n) is 7.64. The average Bonchev–Trinajstić information content (AvgIpc) is 3.37. The quantitative estimate of drug-likeness (QED) is 0.457. The number of fused-ring (bicyclic) bond motifs is 3. The Morgan fingerprint density at radius 1 is 1.20 bits per heavy atom. The molecule has 7 nitrogen and oxygen atoms in total. The number of aryl methyl sites for hydroxylation is 2. The highest BCUT2D eigenvalue weighted by Crippen LogP contribution is 2.35. The number of thioether (sulfide) groups is 1. The van der Waals surface area contributed by atoms with Crippen LogP contribution < -0.4 is 10.5 Å². The van der Waals surface area contributed by atoms with Crippen LogP contribution in [0.5, 0.6) is 0 Å². The van der Waals surface area contributed by atoms with Gasteiger partial charge in [-0.3, -0.25) is 14.2 Å². The fraction of sp³-hybridized carbons (Fsp3) is 0.429. The maximum absolute atomic E-state index is 12.9. The molecule has 0 aromatic carbocycles. The summed E-state index contributed by atoms with van der Waals surface area (Å²) in [6.07, 6.45) is 4.94. The van der Waals surface area contributed by atoms with Crippen molar-refractivity contribution >= 4 is 45.0 Å². The van der Waals surface area contributed by atoms with Crippen LogP contribution >= 0.6 is 23.1 Å². The van der Waals surface area contributed by atoms with Gasteiger partial charge in [0.05, 0.1) is 11.1 Å². The van der Waals surface area contributed by atoms with Gasteiger partial charge >= 0.3 is 0 Å². The number of piperazine rings is 1. The van der Waals surface area contributed by atoms with Crippen molar-refractivity contribution < 1.29 is 4.79 Å². The lowest BCUT2D eigenvalue weighted by molar-refractivity contribution is -0.128. The number of anilines is 1. The molecule has 1 aliphatic carbocycles. The Morgan fingerprint density at radius 3 is 2.80 bits per heavy atom. The summed E-state index contributed by atoms with van der Waals surface area (Å²) in [4.78, 5) is 41.0. The number of pyridine rings is 1. The Balaban J connectivity index is 1.24. The van der Waals surface area contributed by atoms with Crippen molar-refractivity contribution in [1.29, 1.82) is 0 Å². The Hall–Kier alpha value is -2.39. The van der Waals surface area contributed by atoms with Gasteiger partial charge in [-0.15, -0.1) is 11.3 Å². The van der Waals surface area contributed by atoms with E-state index in [1.165, 1.54) is 22.2 Å². The molecule has 4 heterocycles. The number of hydrogen-bond acceptors (Lipinski definition) is 7. The fourth-order valence-corrected chi connectivity index (χ4v) is 6.36. The number of carbonyl (C=O) groups excluding carboxylic acids is 1. The summed E-state index contributed by atoms with van der Waals surface area (Å²) in [6, 6.07) is 5.88. The zero-order chi connectivity index (χ0) is 20.7. The van der Waals surface area contributed by atoms with Crippen LogP contribution in [-0.2, 0) is 24.7 Å². The average molecular weight is 442 g/mol. The highest BCUT2D eigenvalue weighted by molar-refractivity contribution is 7.99. The number of thiophene rings is 1. The summed E-state index contributed by atoms with van der Waals surface area (Å²) in [6.45, 7) is 2.91. The highest BCUT2D eigenvalue weighted by atomic mass is 32.2. The molecule has 1 saturated heterocycles. The smallest absolute Gasteiger partial charge is 0.262 e. The van der Waals surface area contributed by atoms with Gasteiger partial charge < -0.3 is 9.80 Å². The van der Waals surface area contributed by atoms with Crippen molar-refractivity contribution in [3.63, 3.8) is 0 Å². The van der Waals surface area contributed by atoms with Crippen molar-refractivity contribution in [2.75, 3.05) is 36.8 Å². The first-order valence-electron chi connectivity index (χ1n) is 10.2. The normalized spacial score (nSPS) is 16.3. The molecular formula is C21H23N5O2S2. The Morgan fingerprint density at radius 2 is 2.03 bits per heavy atom. The number of carbonyl (C=O) groups is 1. The maximum atomic E-state index is 12.9. The molecule has 30 heavy (non-hydrogen) atoms. The van der Waals surface area contributed by atoms with Crippen molar-refractivity contribution in [1.82, 2.24) is 19.4 Å². The van der Waals surface area contributed by atoms with E-state index < -0.39 is 0 Å². The van der Waals surface area contributed by atoms with Gasteiger partial charge in [-0.25, -0.2) is 9.97 Å². The lowest BCUT2D eigenvalue weighted by atomic mass is 10.2. The molecule has 1 fully saturated rings. The number of nitrogens with zero attached hydrogens (tertiary/aromatic N) is 5. The standard InChI is InChI=1S/C21H23N5O2S2/c1-24-20(28)18-14-5-4-6-15(14)30-19(18)23-21(24)29-13-17(27)26-11-9-25(10-12-26)16-7-2-3-8-22-16/h2-3,7-8H,4-6,9-13H2,1H3. The molecule has 0 unspecified atom stereocenters. The summed E-state index contributed by atoms with van der Waals surface area (Å²) >= 11 is 3.00. The molecule has 1 aliphatic heterocycles. The number of aromatic nitrogens is 3. The minimum atomic E-state index is 0.0123. The summed E-state index contributed by atoms with van der Waals surface area (Å²) in [5.74, 6) is 1.33. The lowest BCUT2D eigenvalue weighted by Gasteiger charge is -2.35. The van der Waals surface area contributed by atoms with Gasteiger partial charge in [-0.05, 0) is 37.0 Å². The number of hydrogen-bond donors (Lipinski definition) is 0. The van der Waals surface area contributed by atoms with Gasteiger partial charge in [0.1, 0.15) is 10.6 Å². The zero-order valence-electron chi connectivity index (χ0n) is 16.8. The second-order valence-corrected chi connectivity index (χ2v) is 9.67. The first-order valence-corrected chi connectivity index (χ1v) is 12.0. The zero-order valence-corrected chi connectivity index (χ0v) is 18.5. The van der Waals surface area contributed by atoms with Gasteiger partial charge in [0.25, 0.3) is 5.56 Å². The SMILES string of the molecule is Cn1c(SCC(=O)N2CCN(c3ccccn3)CC2)nc2sc3c(c2c1=O)CCC3. The predicted molar refractivity (Wildman–Crippen MR) is 121 cm³/mol. The predicted octanol–water partition coefficient (Wildman–Crippen LogP) is 2.32. The van der Waals surface area contributed by atoms with Gasteiger partial charge in [-0.2, -0.15) is 0 Å². The monoisotopic (exact) mass is 441 g/mol. The molecule has 156 valence electrons. The lowest BCUT2D eigenvalue weighted by Crippen LogP contribution is -2.49. The Bertz CT molecular complexity index is 1150. The van der Waals surface area contributed by atoms with Crippen LogP contribution in [0.4, 0.5) is 5.82 Å². The molecular weight excluding hydrogens is 418 g/mol. The van der Waals surface area contributed by atoms with Crippen molar-refractivity contribution in [3.05, 3.63) is 45.2 Å². The van der Waals surface area contributed by atoms with Crippen LogP contribution in [0.3, 0.4) is 0 Å². The van der Waals surface area contributed by atoms with Crippen molar-refractivity contribution in [2.24, 2.45) is 7.05 Å².